The van der Waals surface area contributed by atoms with Crippen molar-refractivity contribution >= 4 is 5.97 Å². The molecule has 3 atom stereocenters. The molecule has 2 bridgehead atoms. The first-order valence-electron chi connectivity index (χ1n) is 4.68. The number of ether oxygens (including phenoxy) is 2. The number of rotatable bonds is 2. The molecular formula is C10H13NO3. The van der Waals surface area contributed by atoms with Crippen LogP contribution >= 0.6 is 0 Å². The monoisotopic (exact) mass is 195 g/mol. The van der Waals surface area contributed by atoms with Crippen LogP contribution in [-0.4, -0.2) is 42.4 Å². The number of esters is 1. The van der Waals surface area contributed by atoms with Crippen molar-refractivity contribution in [3.63, 3.8) is 0 Å². The maximum absolute atomic E-state index is 10.8. The standard InChI is InChI=1S/C10H13NO3/c1-3-4-5-11-6-8-9(10(11)14-8)13-7(2)12/h8-10H,5-6H2,1-2H3. The van der Waals surface area contributed by atoms with Crippen molar-refractivity contribution in [3.8, 4) is 11.8 Å². The quantitative estimate of drug-likeness (QED) is 0.458. The maximum Gasteiger partial charge on any atom is 0.303 e. The molecule has 3 unspecified atom stereocenters. The van der Waals surface area contributed by atoms with Gasteiger partial charge in [0.05, 0.1) is 6.54 Å². The molecule has 4 nitrogen and oxygen atoms in total. The largest absolute Gasteiger partial charge is 0.455 e. The number of hydrogen-bond donors (Lipinski definition) is 0. The minimum absolute atomic E-state index is 0.0579. The van der Waals surface area contributed by atoms with Crippen molar-refractivity contribution in [2.45, 2.75) is 32.3 Å². The Kier molecular flexibility index (Phi) is 2.44. The summed E-state index contributed by atoms with van der Waals surface area (Å²) in [6, 6.07) is 0. The van der Waals surface area contributed by atoms with Gasteiger partial charge in [0.1, 0.15) is 6.10 Å². The smallest absolute Gasteiger partial charge is 0.303 e. The molecule has 76 valence electrons. The summed E-state index contributed by atoms with van der Waals surface area (Å²) in [4.78, 5) is 12.9. The fraction of sp³-hybridized carbons (Fsp3) is 0.700. The summed E-state index contributed by atoms with van der Waals surface area (Å²) in [5.74, 6) is 5.57. The summed E-state index contributed by atoms with van der Waals surface area (Å²) in [5, 5.41) is 0. The van der Waals surface area contributed by atoms with Crippen LogP contribution in [0.3, 0.4) is 0 Å². The number of carbonyl (C=O) groups excluding carboxylic acids is 1. The molecule has 0 N–H and O–H groups in total. The van der Waals surface area contributed by atoms with Gasteiger partial charge in [-0.15, -0.1) is 5.92 Å². The predicted octanol–water partition coefficient (Wildman–Crippen LogP) is -0.0181. The molecular weight excluding hydrogens is 182 g/mol. The Morgan fingerprint density at radius 3 is 3.14 bits per heavy atom. The van der Waals surface area contributed by atoms with Crippen LogP contribution in [-0.2, 0) is 14.3 Å². The van der Waals surface area contributed by atoms with Crippen molar-refractivity contribution in [2.24, 2.45) is 0 Å². The lowest BCUT2D eigenvalue weighted by atomic mass is 10.1. The van der Waals surface area contributed by atoms with E-state index in [4.69, 9.17) is 9.47 Å². The van der Waals surface area contributed by atoms with Crippen LogP contribution in [0.1, 0.15) is 13.8 Å². The highest BCUT2D eigenvalue weighted by Gasteiger charge is 2.55. The predicted molar refractivity (Wildman–Crippen MR) is 49.2 cm³/mol. The van der Waals surface area contributed by atoms with E-state index in [-0.39, 0.29) is 24.4 Å². The normalized spacial score (nSPS) is 34.3. The van der Waals surface area contributed by atoms with E-state index in [1.807, 2.05) is 6.92 Å². The van der Waals surface area contributed by atoms with Crippen LogP contribution in [0.25, 0.3) is 0 Å². The van der Waals surface area contributed by atoms with Gasteiger partial charge in [0, 0.05) is 13.5 Å². The van der Waals surface area contributed by atoms with Crippen LogP contribution in [0.4, 0.5) is 0 Å². The second-order valence-electron chi connectivity index (χ2n) is 3.50. The van der Waals surface area contributed by atoms with Crippen LogP contribution in [0.15, 0.2) is 0 Å². The van der Waals surface area contributed by atoms with Crippen LogP contribution in [0, 0.1) is 11.8 Å². The average molecular weight is 195 g/mol. The molecule has 0 spiro atoms. The highest BCUT2D eigenvalue weighted by molar-refractivity contribution is 5.66. The Morgan fingerprint density at radius 2 is 2.50 bits per heavy atom. The second-order valence-corrected chi connectivity index (χ2v) is 3.50. The molecule has 0 aromatic rings. The van der Waals surface area contributed by atoms with Gasteiger partial charge in [-0.1, -0.05) is 5.92 Å². The molecule has 3 heterocycles. The van der Waals surface area contributed by atoms with E-state index in [9.17, 15) is 4.79 Å². The third-order valence-electron chi connectivity index (χ3n) is 2.50. The molecule has 0 aliphatic carbocycles. The molecule has 0 saturated carbocycles. The fourth-order valence-corrected chi connectivity index (χ4v) is 1.86. The van der Waals surface area contributed by atoms with Gasteiger partial charge in [-0.05, 0) is 6.92 Å². The van der Waals surface area contributed by atoms with E-state index in [2.05, 4.69) is 16.7 Å². The maximum atomic E-state index is 10.8. The summed E-state index contributed by atoms with van der Waals surface area (Å²) in [6.07, 6.45) is -0.0848. The van der Waals surface area contributed by atoms with Crippen molar-refractivity contribution in [1.82, 2.24) is 4.90 Å². The molecule has 4 heteroatoms. The van der Waals surface area contributed by atoms with E-state index < -0.39 is 0 Å². The molecule has 0 radical (unpaired) electrons. The minimum Gasteiger partial charge on any atom is -0.455 e. The highest BCUT2D eigenvalue weighted by Crippen LogP contribution is 2.35. The lowest BCUT2D eigenvalue weighted by molar-refractivity contribution is -0.219. The molecule has 3 rings (SSSR count). The highest BCUT2D eigenvalue weighted by atomic mass is 16.6. The Labute approximate surface area is 83.2 Å². The molecule has 3 aliphatic heterocycles. The number of nitrogens with zero attached hydrogens (tertiary/aromatic N) is 1. The molecule has 0 amide bonds. The lowest BCUT2D eigenvalue weighted by Gasteiger charge is -2.35. The Hall–Kier alpha value is -1.05. The average Bonchev–Trinajstić information content (AvgIpc) is 2.67. The fourth-order valence-electron chi connectivity index (χ4n) is 1.86. The molecule has 14 heavy (non-hydrogen) atoms. The number of hydrogen-bond acceptors (Lipinski definition) is 4. The minimum atomic E-state index is -0.239. The van der Waals surface area contributed by atoms with E-state index in [0.717, 1.165) is 6.54 Å². The first-order chi connectivity index (χ1) is 6.72. The summed E-state index contributed by atoms with van der Waals surface area (Å²) < 4.78 is 10.6. The summed E-state index contributed by atoms with van der Waals surface area (Å²) in [5.41, 5.74) is 0. The number of carbonyl (C=O) groups is 1. The summed E-state index contributed by atoms with van der Waals surface area (Å²) >= 11 is 0. The van der Waals surface area contributed by atoms with E-state index in [1.54, 1.807) is 0 Å². The summed E-state index contributed by atoms with van der Waals surface area (Å²) in [6.45, 7) is 4.74. The van der Waals surface area contributed by atoms with Gasteiger partial charge >= 0.3 is 5.97 Å². The van der Waals surface area contributed by atoms with Gasteiger partial charge in [0.15, 0.2) is 12.3 Å². The van der Waals surface area contributed by atoms with Crippen LogP contribution < -0.4 is 0 Å². The molecule has 3 aliphatic rings. The molecule has 3 saturated heterocycles. The SMILES string of the molecule is CC#CCN1CC2OC1C2OC(C)=O. The Bertz CT molecular complexity index is 304. The third kappa shape index (κ3) is 1.49. The molecule has 3 fully saturated rings. The zero-order chi connectivity index (χ0) is 10.1. The molecule has 0 aromatic heterocycles. The van der Waals surface area contributed by atoms with Crippen LogP contribution in [0.5, 0.6) is 0 Å². The Morgan fingerprint density at radius 1 is 1.71 bits per heavy atom. The van der Waals surface area contributed by atoms with Gasteiger partial charge in [-0.3, -0.25) is 9.69 Å². The van der Waals surface area contributed by atoms with Gasteiger partial charge in [0.25, 0.3) is 0 Å². The number of fused-ring (bicyclic) bond motifs is 1. The van der Waals surface area contributed by atoms with E-state index >= 15 is 0 Å². The lowest BCUT2D eigenvalue weighted by Crippen LogP contribution is -2.51. The van der Waals surface area contributed by atoms with Crippen LogP contribution in [0.2, 0.25) is 0 Å². The van der Waals surface area contributed by atoms with Crippen molar-refractivity contribution in [2.75, 3.05) is 13.1 Å². The van der Waals surface area contributed by atoms with Crippen molar-refractivity contribution in [1.29, 1.82) is 0 Å². The van der Waals surface area contributed by atoms with Gasteiger partial charge in [0.2, 0.25) is 0 Å². The molecule has 0 aromatic carbocycles. The van der Waals surface area contributed by atoms with Crippen molar-refractivity contribution < 1.29 is 14.3 Å². The van der Waals surface area contributed by atoms with Gasteiger partial charge in [-0.25, -0.2) is 0 Å². The second kappa shape index (κ2) is 3.60. The van der Waals surface area contributed by atoms with Crippen molar-refractivity contribution in [3.05, 3.63) is 0 Å². The van der Waals surface area contributed by atoms with Gasteiger partial charge in [-0.2, -0.15) is 0 Å². The van der Waals surface area contributed by atoms with Gasteiger partial charge < -0.3 is 9.47 Å². The zero-order valence-electron chi connectivity index (χ0n) is 8.32. The van der Waals surface area contributed by atoms with E-state index in [0.29, 0.717) is 6.54 Å². The van der Waals surface area contributed by atoms with E-state index in [1.165, 1.54) is 6.92 Å². The Balaban J connectivity index is 1.89. The first kappa shape index (κ1) is 9.50. The summed E-state index contributed by atoms with van der Waals surface area (Å²) in [7, 11) is 0. The zero-order valence-corrected chi connectivity index (χ0v) is 8.32. The first-order valence-corrected chi connectivity index (χ1v) is 4.68. The topological polar surface area (TPSA) is 38.8 Å². The third-order valence-corrected chi connectivity index (χ3v) is 2.50.